The zero-order valence-corrected chi connectivity index (χ0v) is 13.1. The minimum Gasteiger partial charge on any atom is -0.397 e. The van der Waals surface area contributed by atoms with E-state index in [1.54, 1.807) is 14.0 Å². The lowest BCUT2D eigenvalue weighted by Crippen LogP contribution is -2.32. The molecule has 0 aliphatic carbocycles. The van der Waals surface area contributed by atoms with E-state index in [1.165, 1.54) is 16.2 Å². The van der Waals surface area contributed by atoms with Gasteiger partial charge >= 0.3 is 0 Å². The fourth-order valence-electron chi connectivity index (χ4n) is 1.90. The fraction of sp³-hybridized carbons (Fsp3) is 0.308. The molecular weight excluding hydrogens is 328 g/mol. The second-order valence-electron chi connectivity index (χ2n) is 4.52. The van der Waals surface area contributed by atoms with E-state index < -0.39 is 6.10 Å². The molecule has 0 saturated heterocycles. The molecule has 102 valence electrons. The monoisotopic (exact) mass is 342 g/mol. The van der Waals surface area contributed by atoms with Crippen LogP contribution >= 0.6 is 27.3 Å². The van der Waals surface area contributed by atoms with Crippen molar-refractivity contribution in [1.29, 1.82) is 0 Å². The topological polar surface area (TPSA) is 66.6 Å². The van der Waals surface area contributed by atoms with Gasteiger partial charge in [-0.3, -0.25) is 4.79 Å². The molecule has 0 aliphatic heterocycles. The molecule has 0 spiro atoms. The molecule has 1 aromatic carbocycles. The van der Waals surface area contributed by atoms with Gasteiger partial charge in [0.2, 0.25) is 0 Å². The maximum atomic E-state index is 12.3. The van der Waals surface area contributed by atoms with Crippen LogP contribution in [0.2, 0.25) is 0 Å². The second kappa shape index (κ2) is 5.48. The van der Waals surface area contributed by atoms with Crippen molar-refractivity contribution in [3.63, 3.8) is 0 Å². The molecule has 1 atom stereocenters. The number of amides is 1. The number of carbonyl (C=O) groups excluding carboxylic acids is 1. The number of rotatable bonds is 3. The van der Waals surface area contributed by atoms with E-state index in [0.717, 1.165) is 14.6 Å². The summed E-state index contributed by atoms with van der Waals surface area (Å²) in [7, 11) is 1.66. The van der Waals surface area contributed by atoms with Crippen molar-refractivity contribution in [2.75, 3.05) is 19.3 Å². The number of thiophene rings is 1. The van der Waals surface area contributed by atoms with E-state index in [4.69, 9.17) is 5.73 Å². The molecule has 19 heavy (non-hydrogen) atoms. The van der Waals surface area contributed by atoms with E-state index in [1.807, 2.05) is 18.2 Å². The summed E-state index contributed by atoms with van der Waals surface area (Å²) in [5.41, 5.74) is 6.56. The third kappa shape index (κ3) is 2.91. The average Bonchev–Trinajstić information content (AvgIpc) is 2.65. The Morgan fingerprint density at radius 2 is 2.26 bits per heavy atom. The lowest BCUT2D eigenvalue weighted by atomic mass is 10.2. The quantitative estimate of drug-likeness (QED) is 0.901. The molecule has 0 fully saturated rings. The molecule has 0 saturated carbocycles. The zero-order chi connectivity index (χ0) is 14.2. The van der Waals surface area contributed by atoms with E-state index >= 15 is 0 Å². The lowest BCUT2D eigenvalue weighted by molar-refractivity contribution is 0.0709. The van der Waals surface area contributed by atoms with Gasteiger partial charge in [-0.15, -0.1) is 11.3 Å². The first kappa shape index (κ1) is 14.3. The van der Waals surface area contributed by atoms with Gasteiger partial charge in [-0.1, -0.05) is 15.9 Å². The molecule has 0 bridgehead atoms. The van der Waals surface area contributed by atoms with Gasteiger partial charge in [0.05, 0.1) is 11.8 Å². The predicted octanol–water partition coefficient (Wildman–Crippen LogP) is 2.70. The fourth-order valence-corrected chi connectivity index (χ4v) is 3.36. The van der Waals surface area contributed by atoms with Crippen LogP contribution in [0.5, 0.6) is 0 Å². The van der Waals surface area contributed by atoms with Gasteiger partial charge < -0.3 is 15.7 Å². The number of hydrogen-bond donors (Lipinski definition) is 2. The van der Waals surface area contributed by atoms with Gasteiger partial charge in [-0.25, -0.2) is 0 Å². The van der Waals surface area contributed by atoms with Gasteiger partial charge in [0.15, 0.2) is 0 Å². The maximum Gasteiger partial charge on any atom is 0.265 e. The van der Waals surface area contributed by atoms with E-state index in [-0.39, 0.29) is 12.5 Å². The number of aliphatic hydroxyl groups is 1. The summed E-state index contributed by atoms with van der Waals surface area (Å²) < 4.78 is 1.91. The van der Waals surface area contributed by atoms with Crippen molar-refractivity contribution in [2.45, 2.75) is 13.0 Å². The molecule has 0 radical (unpaired) electrons. The first-order valence-corrected chi connectivity index (χ1v) is 7.42. The number of nitrogens with two attached hydrogens (primary N) is 1. The first-order valence-electron chi connectivity index (χ1n) is 5.81. The summed E-state index contributed by atoms with van der Waals surface area (Å²) in [6, 6.07) is 5.77. The van der Waals surface area contributed by atoms with Gasteiger partial charge in [0.1, 0.15) is 4.88 Å². The van der Waals surface area contributed by atoms with Crippen molar-refractivity contribution in [1.82, 2.24) is 4.90 Å². The molecule has 1 unspecified atom stereocenters. The van der Waals surface area contributed by atoms with Gasteiger partial charge in [0.25, 0.3) is 5.91 Å². The van der Waals surface area contributed by atoms with E-state index in [2.05, 4.69) is 15.9 Å². The van der Waals surface area contributed by atoms with Crippen LogP contribution in [0.3, 0.4) is 0 Å². The average molecular weight is 343 g/mol. The van der Waals surface area contributed by atoms with Crippen LogP contribution < -0.4 is 5.73 Å². The predicted molar refractivity (Wildman–Crippen MR) is 82.6 cm³/mol. The number of nitrogen functional groups attached to an aromatic ring is 1. The van der Waals surface area contributed by atoms with Gasteiger partial charge in [0, 0.05) is 28.2 Å². The molecule has 3 N–H and O–H groups in total. The van der Waals surface area contributed by atoms with Crippen LogP contribution in [0.15, 0.2) is 22.7 Å². The van der Waals surface area contributed by atoms with Crippen molar-refractivity contribution in [2.24, 2.45) is 0 Å². The Morgan fingerprint density at radius 1 is 1.58 bits per heavy atom. The Hall–Kier alpha value is -1.11. The molecule has 1 aromatic heterocycles. The zero-order valence-electron chi connectivity index (χ0n) is 10.7. The Labute approximate surface area is 124 Å². The van der Waals surface area contributed by atoms with Crippen LogP contribution in [0.25, 0.3) is 10.1 Å². The second-order valence-corrected chi connectivity index (χ2v) is 6.49. The van der Waals surface area contributed by atoms with E-state index in [9.17, 15) is 9.90 Å². The minimum atomic E-state index is -0.557. The number of likely N-dealkylation sites (N-methyl/N-ethyl adjacent to an activating group) is 1. The lowest BCUT2D eigenvalue weighted by Gasteiger charge is -2.18. The third-order valence-corrected chi connectivity index (χ3v) is 4.44. The maximum absolute atomic E-state index is 12.3. The number of benzene rings is 1. The molecule has 6 heteroatoms. The summed E-state index contributed by atoms with van der Waals surface area (Å²) in [5, 5.41) is 10.2. The van der Waals surface area contributed by atoms with Gasteiger partial charge in [-0.2, -0.15) is 0 Å². The van der Waals surface area contributed by atoms with Crippen LogP contribution in [0.4, 0.5) is 5.69 Å². The Morgan fingerprint density at radius 3 is 2.89 bits per heavy atom. The SMILES string of the molecule is CC(O)CN(C)C(=O)c1sc2ccc(Br)cc2c1N. The summed E-state index contributed by atoms with van der Waals surface area (Å²) in [5.74, 6) is -0.157. The summed E-state index contributed by atoms with van der Waals surface area (Å²) in [4.78, 5) is 14.3. The molecule has 0 aliphatic rings. The number of carbonyl (C=O) groups is 1. The summed E-state index contributed by atoms with van der Waals surface area (Å²) in [6.45, 7) is 1.94. The van der Waals surface area contributed by atoms with E-state index in [0.29, 0.717) is 10.6 Å². The highest BCUT2D eigenvalue weighted by Gasteiger charge is 2.20. The number of aliphatic hydroxyl groups excluding tert-OH is 1. The smallest absolute Gasteiger partial charge is 0.265 e. The van der Waals surface area contributed by atoms with Crippen molar-refractivity contribution >= 4 is 48.9 Å². The Bertz CT molecular complexity index is 624. The summed E-state index contributed by atoms with van der Waals surface area (Å²) >= 11 is 4.77. The number of halogens is 1. The highest BCUT2D eigenvalue weighted by Crippen LogP contribution is 2.35. The van der Waals surface area contributed by atoms with Crippen LogP contribution in [-0.2, 0) is 0 Å². The Balaban J connectivity index is 2.40. The van der Waals surface area contributed by atoms with Gasteiger partial charge in [-0.05, 0) is 25.1 Å². The Kier molecular flexibility index (Phi) is 4.13. The van der Waals surface area contributed by atoms with Crippen molar-refractivity contribution in [3.05, 3.63) is 27.5 Å². The minimum absolute atomic E-state index is 0.157. The standard InChI is InChI=1S/C13H15BrN2O2S/c1-7(17)6-16(2)13(18)12-11(15)9-5-8(14)3-4-10(9)19-12/h3-5,7,17H,6,15H2,1-2H3. The van der Waals surface area contributed by atoms with Crippen LogP contribution in [0.1, 0.15) is 16.6 Å². The number of nitrogens with zero attached hydrogens (tertiary/aromatic N) is 1. The van der Waals surface area contributed by atoms with Crippen LogP contribution in [0, 0.1) is 0 Å². The summed E-state index contributed by atoms with van der Waals surface area (Å²) in [6.07, 6.45) is -0.557. The number of anilines is 1. The molecule has 4 nitrogen and oxygen atoms in total. The molecule has 2 rings (SSSR count). The van der Waals surface area contributed by atoms with Crippen LogP contribution in [-0.4, -0.2) is 35.6 Å². The molecule has 1 heterocycles. The highest BCUT2D eigenvalue weighted by molar-refractivity contribution is 9.10. The first-order chi connectivity index (χ1) is 8.90. The molecule has 2 aromatic rings. The number of fused-ring (bicyclic) bond motifs is 1. The largest absolute Gasteiger partial charge is 0.397 e. The third-order valence-electron chi connectivity index (χ3n) is 2.77. The molecular formula is C13H15BrN2O2S. The highest BCUT2D eigenvalue weighted by atomic mass is 79.9. The number of hydrogen-bond acceptors (Lipinski definition) is 4. The molecule has 1 amide bonds. The van der Waals surface area contributed by atoms with Crippen molar-refractivity contribution in [3.8, 4) is 0 Å². The normalized spacial score (nSPS) is 12.6. The van der Waals surface area contributed by atoms with Crippen molar-refractivity contribution < 1.29 is 9.90 Å².